The fraction of sp³-hybridized carbons (Fsp3) is 0.680. The molecule has 0 radical (unpaired) electrons. The summed E-state index contributed by atoms with van der Waals surface area (Å²) in [6, 6.07) is 5.74. The van der Waals surface area contributed by atoms with Crippen molar-refractivity contribution in [2.75, 3.05) is 6.54 Å². The molecule has 4 aliphatic rings. The van der Waals surface area contributed by atoms with Gasteiger partial charge in [-0.05, 0) is 55.2 Å². The van der Waals surface area contributed by atoms with Gasteiger partial charge in [-0.15, -0.1) is 0 Å². The molecule has 2 saturated heterocycles. The van der Waals surface area contributed by atoms with Gasteiger partial charge >= 0.3 is 5.97 Å². The highest BCUT2D eigenvalue weighted by atomic mass is 16.6. The molecule has 162 valence electrons. The van der Waals surface area contributed by atoms with Crippen LogP contribution in [0.25, 0.3) is 0 Å². The molecule has 5 rings (SSSR count). The van der Waals surface area contributed by atoms with Crippen LogP contribution in [0.15, 0.2) is 18.2 Å². The van der Waals surface area contributed by atoms with E-state index >= 15 is 0 Å². The predicted molar refractivity (Wildman–Crippen MR) is 113 cm³/mol. The SMILES string of the molecule is CC1(C)[C@@H]2Cc3c(O)cccc3[C@]1(C)CCN2C(=O)[C@@]12CC[C@@](C)(C(=O)O1)C2(C)C. The van der Waals surface area contributed by atoms with Crippen molar-refractivity contribution in [2.45, 2.75) is 84.3 Å². The van der Waals surface area contributed by atoms with Crippen molar-refractivity contribution in [1.29, 1.82) is 0 Å². The summed E-state index contributed by atoms with van der Waals surface area (Å²) in [4.78, 5) is 28.9. The van der Waals surface area contributed by atoms with Crippen molar-refractivity contribution in [1.82, 2.24) is 4.90 Å². The standard InChI is InChI=1S/C25H33NO4/c1-21(2)18-14-15-16(8-7-9-17(15)27)23(21,5)12-13-26(18)19(28)25-11-10-24(6,20(29)30-25)22(25,3)4/h7-9,18,27H,10-14H2,1-6H3/t18-,23-,24-,25+/m0/s1. The van der Waals surface area contributed by atoms with Crippen LogP contribution in [-0.2, 0) is 26.2 Å². The predicted octanol–water partition coefficient (Wildman–Crippen LogP) is 3.96. The minimum atomic E-state index is -1.08. The topological polar surface area (TPSA) is 66.8 Å². The number of amides is 1. The first kappa shape index (κ1) is 19.9. The summed E-state index contributed by atoms with van der Waals surface area (Å²) in [6.07, 6.45) is 2.72. The zero-order chi connectivity index (χ0) is 21.9. The zero-order valence-corrected chi connectivity index (χ0v) is 19.0. The molecule has 2 aliphatic heterocycles. The minimum absolute atomic E-state index is 0.0407. The summed E-state index contributed by atoms with van der Waals surface area (Å²) in [5, 5.41) is 10.6. The van der Waals surface area contributed by atoms with Gasteiger partial charge in [0.2, 0.25) is 0 Å². The van der Waals surface area contributed by atoms with E-state index in [1.165, 1.54) is 5.56 Å². The lowest BCUT2D eigenvalue weighted by atomic mass is 9.50. The van der Waals surface area contributed by atoms with Gasteiger partial charge in [-0.3, -0.25) is 9.59 Å². The number of fused-ring (bicyclic) bond motifs is 6. The fourth-order valence-electron chi connectivity index (χ4n) is 7.12. The smallest absolute Gasteiger partial charge is 0.313 e. The zero-order valence-electron chi connectivity index (χ0n) is 19.0. The second kappa shape index (κ2) is 5.41. The Morgan fingerprint density at radius 1 is 1.07 bits per heavy atom. The molecule has 0 aromatic heterocycles. The number of rotatable bonds is 1. The molecule has 1 N–H and O–H groups in total. The van der Waals surface area contributed by atoms with Gasteiger partial charge in [0.15, 0.2) is 5.60 Å². The summed E-state index contributed by atoms with van der Waals surface area (Å²) in [7, 11) is 0. The van der Waals surface area contributed by atoms with Crippen LogP contribution in [0.4, 0.5) is 0 Å². The average molecular weight is 412 g/mol. The van der Waals surface area contributed by atoms with Crippen LogP contribution in [-0.4, -0.2) is 40.1 Å². The Kier molecular flexibility index (Phi) is 3.59. The number of carbonyl (C=O) groups is 2. The van der Waals surface area contributed by atoms with Crippen molar-refractivity contribution in [3.63, 3.8) is 0 Å². The fourth-order valence-corrected chi connectivity index (χ4v) is 7.12. The van der Waals surface area contributed by atoms with E-state index in [0.717, 1.165) is 12.0 Å². The Morgan fingerprint density at radius 2 is 1.77 bits per heavy atom. The highest BCUT2D eigenvalue weighted by Gasteiger charge is 2.77. The first-order valence-corrected chi connectivity index (χ1v) is 11.2. The van der Waals surface area contributed by atoms with Crippen molar-refractivity contribution in [3.8, 4) is 5.75 Å². The molecule has 2 aliphatic carbocycles. The Bertz CT molecular complexity index is 981. The number of ether oxygens (including phenoxy) is 1. The van der Waals surface area contributed by atoms with Gasteiger partial charge in [-0.1, -0.05) is 46.8 Å². The molecule has 2 heterocycles. The lowest BCUT2D eigenvalue weighted by Crippen LogP contribution is -2.68. The largest absolute Gasteiger partial charge is 0.508 e. The van der Waals surface area contributed by atoms with Crippen molar-refractivity contribution >= 4 is 11.9 Å². The highest BCUT2D eigenvalue weighted by Crippen LogP contribution is 2.67. The number of carbonyl (C=O) groups excluding carboxylic acids is 2. The van der Waals surface area contributed by atoms with Crippen molar-refractivity contribution in [2.24, 2.45) is 16.2 Å². The van der Waals surface area contributed by atoms with E-state index in [1.54, 1.807) is 6.07 Å². The number of benzene rings is 1. The van der Waals surface area contributed by atoms with E-state index in [2.05, 4.69) is 26.8 Å². The summed E-state index contributed by atoms with van der Waals surface area (Å²) < 4.78 is 5.93. The monoisotopic (exact) mass is 411 g/mol. The normalized spacial score (nSPS) is 40.1. The summed E-state index contributed by atoms with van der Waals surface area (Å²) in [5.74, 6) is 0.0358. The second-order valence-electron chi connectivity index (χ2n) is 11.5. The molecule has 0 spiro atoms. The van der Waals surface area contributed by atoms with Gasteiger partial charge in [-0.25, -0.2) is 0 Å². The van der Waals surface area contributed by atoms with E-state index in [-0.39, 0.29) is 28.7 Å². The number of aromatic hydroxyl groups is 1. The molecule has 0 unspecified atom stereocenters. The maximum atomic E-state index is 14.2. The number of esters is 1. The number of piperidine rings is 1. The molecule has 1 amide bonds. The Labute approximate surface area is 178 Å². The summed E-state index contributed by atoms with van der Waals surface area (Å²) >= 11 is 0. The van der Waals surface area contributed by atoms with Gasteiger partial charge in [0, 0.05) is 23.4 Å². The van der Waals surface area contributed by atoms with Crippen LogP contribution in [0.1, 0.15) is 71.9 Å². The molecule has 5 nitrogen and oxygen atoms in total. The first-order chi connectivity index (χ1) is 13.8. The lowest BCUT2D eigenvalue weighted by molar-refractivity contribution is -0.181. The van der Waals surface area contributed by atoms with E-state index < -0.39 is 16.4 Å². The van der Waals surface area contributed by atoms with E-state index in [0.29, 0.717) is 31.6 Å². The van der Waals surface area contributed by atoms with Crippen molar-refractivity contribution < 1.29 is 19.4 Å². The minimum Gasteiger partial charge on any atom is -0.508 e. The Morgan fingerprint density at radius 3 is 2.37 bits per heavy atom. The number of nitrogens with zero attached hydrogens (tertiary/aromatic N) is 1. The Balaban J connectivity index is 1.60. The molecular weight excluding hydrogens is 378 g/mol. The quantitative estimate of drug-likeness (QED) is 0.711. The number of likely N-dealkylation sites (tertiary alicyclic amines) is 1. The van der Waals surface area contributed by atoms with Crippen LogP contribution in [0, 0.1) is 16.2 Å². The molecule has 1 saturated carbocycles. The number of phenolic OH excluding ortho intramolecular Hbond substituents is 1. The third-order valence-corrected chi connectivity index (χ3v) is 10.3. The van der Waals surface area contributed by atoms with Gasteiger partial charge in [-0.2, -0.15) is 0 Å². The van der Waals surface area contributed by atoms with Crippen LogP contribution >= 0.6 is 0 Å². The summed E-state index contributed by atoms with van der Waals surface area (Å²) in [5.41, 5.74) is -0.388. The first-order valence-electron chi connectivity index (χ1n) is 11.2. The van der Waals surface area contributed by atoms with Crippen LogP contribution in [0.3, 0.4) is 0 Å². The Hall–Kier alpha value is -2.04. The average Bonchev–Trinajstić information content (AvgIpc) is 2.95. The molecule has 3 fully saturated rings. The van der Waals surface area contributed by atoms with E-state index in [4.69, 9.17) is 4.74 Å². The van der Waals surface area contributed by atoms with E-state index in [9.17, 15) is 14.7 Å². The van der Waals surface area contributed by atoms with E-state index in [1.807, 2.05) is 31.7 Å². The molecule has 4 bridgehead atoms. The van der Waals surface area contributed by atoms with Crippen LogP contribution in [0.2, 0.25) is 0 Å². The molecule has 30 heavy (non-hydrogen) atoms. The lowest BCUT2D eigenvalue weighted by Gasteiger charge is -2.61. The van der Waals surface area contributed by atoms with Gasteiger partial charge in [0.05, 0.1) is 5.41 Å². The number of hydrogen-bond acceptors (Lipinski definition) is 4. The maximum Gasteiger partial charge on any atom is 0.313 e. The number of phenols is 1. The van der Waals surface area contributed by atoms with Gasteiger partial charge in [0.1, 0.15) is 5.75 Å². The maximum absolute atomic E-state index is 14.2. The molecule has 1 aromatic rings. The second-order valence-corrected chi connectivity index (χ2v) is 11.5. The third kappa shape index (κ3) is 1.87. The van der Waals surface area contributed by atoms with Crippen molar-refractivity contribution in [3.05, 3.63) is 29.3 Å². The molecular formula is C25H33NO4. The van der Waals surface area contributed by atoms with Gasteiger partial charge < -0.3 is 14.7 Å². The van der Waals surface area contributed by atoms with Crippen LogP contribution < -0.4 is 0 Å². The third-order valence-electron chi connectivity index (χ3n) is 10.3. The molecule has 4 atom stereocenters. The molecule has 1 aromatic carbocycles. The highest BCUT2D eigenvalue weighted by molar-refractivity contribution is 5.96. The summed E-state index contributed by atoms with van der Waals surface area (Å²) in [6.45, 7) is 13.4. The van der Waals surface area contributed by atoms with Gasteiger partial charge in [0.25, 0.3) is 5.91 Å². The number of hydrogen-bond donors (Lipinski definition) is 1. The van der Waals surface area contributed by atoms with Crippen LogP contribution in [0.5, 0.6) is 5.75 Å². The molecule has 5 heteroatoms.